The summed E-state index contributed by atoms with van der Waals surface area (Å²) in [5, 5.41) is 0. The van der Waals surface area contributed by atoms with Gasteiger partial charge < -0.3 is 24.8 Å². The number of allylic oxidation sites excluding steroid dienone is 4. The van der Waals surface area contributed by atoms with E-state index < -0.39 is 0 Å². The van der Waals surface area contributed by atoms with Crippen molar-refractivity contribution in [2.24, 2.45) is 0 Å². The Hall–Kier alpha value is -2.31. The average molecular weight is 727 g/mol. The molecule has 0 radical (unpaired) electrons. The van der Waals surface area contributed by atoms with E-state index in [-0.39, 0.29) is 35.6 Å². The van der Waals surface area contributed by atoms with Crippen LogP contribution in [0.5, 0.6) is 0 Å². The minimum atomic E-state index is 0. The van der Waals surface area contributed by atoms with E-state index >= 15 is 0 Å². The SMILES string of the molecule is CC1=C[CH-]C(C)(C)c2cc3c(cc21)-c1cc2c(cc1C3)C(C)(C)CC=C2C.CC[C](=[Zr+2])c1ccccc1.Cc1c[cH-]c(C)c1.[Cl-].[Cl-]. The van der Waals surface area contributed by atoms with Gasteiger partial charge in [0.15, 0.2) is 0 Å². The van der Waals surface area contributed by atoms with Crippen molar-refractivity contribution in [1.82, 2.24) is 0 Å². The van der Waals surface area contributed by atoms with Gasteiger partial charge in [-0.15, -0.1) is 12.5 Å². The standard InChI is InChI=1S/C27H29.C9H10.C7H9.2ClH.Zr/c1-16-7-9-26(3,4)24-12-18-11-19-13-25-21(17(2)8-10-27(25,5)6)15-23(19)22(18)14-20(16)24;1-2-6-9-7-4-3-5-8-9;1-6-3-4-7(2)5-6;;;/h7-9,12-15H,10-11H2,1-6H3;3-5,7-8H,2H2,1H3;3-5H,1-2H3;2*1H;/q-1;;-1;;;+2/p-2. The molecular weight excluding hydrogens is 679 g/mol. The van der Waals surface area contributed by atoms with Gasteiger partial charge in [0.2, 0.25) is 0 Å². The molecule has 0 N–H and O–H groups in total. The van der Waals surface area contributed by atoms with Crippen LogP contribution >= 0.6 is 0 Å². The third kappa shape index (κ3) is 8.04. The van der Waals surface area contributed by atoms with Crippen LogP contribution in [0.4, 0.5) is 0 Å². The molecule has 0 fully saturated rings. The molecule has 3 heteroatoms. The molecule has 0 spiro atoms. The van der Waals surface area contributed by atoms with Crippen LogP contribution in [-0.2, 0) is 41.5 Å². The second-order valence-electron chi connectivity index (χ2n) is 14.2. The molecule has 0 saturated heterocycles. The van der Waals surface area contributed by atoms with Gasteiger partial charge in [-0.1, -0.05) is 76.8 Å². The molecule has 0 nitrogen and oxygen atoms in total. The molecule has 7 rings (SSSR count). The Kier molecular flexibility index (Phi) is 12.7. The molecule has 0 aromatic heterocycles. The van der Waals surface area contributed by atoms with Gasteiger partial charge in [0.1, 0.15) is 0 Å². The number of rotatable bonds is 2. The molecule has 0 atom stereocenters. The van der Waals surface area contributed by atoms with Gasteiger partial charge in [-0.2, -0.15) is 23.3 Å². The van der Waals surface area contributed by atoms with Crippen molar-refractivity contribution in [3.63, 3.8) is 0 Å². The maximum Gasteiger partial charge on any atom is -0.0635 e. The molecule has 0 heterocycles. The van der Waals surface area contributed by atoms with E-state index in [4.69, 9.17) is 0 Å². The van der Waals surface area contributed by atoms with E-state index in [0.717, 1.165) is 12.8 Å². The van der Waals surface area contributed by atoms with E-state index in [9.17, 15) is 0 Å². The number of halogens is 2. The van der Waals surface area contributed by atoms with Crippen LogP contribution in [0.1, 0.15) is 111 Å². The first-order chi connectivity index (χ1) is 20.8. The first-order valence-corrected chi connectivity index (χ1v) is 17.4. The fourth-order valence-electron chi connectivity index (χ4n) is 6.74. The second kappa shape index (κ2) is 15.3. The Labute approximate surface area is 306 Å². The third-order valence-corrected chi connectivity index (χ3v) is 11.2. The van der Waals surface area contributed by atoms with E-state index in [1.54, 1.807) is 3.21 Å². The summed E-state index contributed by atoms with van der Waals surface area (Å²) in [5.74, 6) is 0. The Morgan fingerprint density at radius 2 is 1.35 bits per heavy atom. The predicted octanol–water partition coefficient (Wildman–Crippen LogP) is 5.44. The van der Waals surface area contributed by atoms with Gasteiger partial charge in [0, 0.05) is 0 Å². The van der Waals surface area contributed by atoms with Crippen LogP contribution in [0.15, 0.2) is 84.9 Å². The van der Waals surface area contributed by atoms with Crippen LogP contribution in [0.3, 0.4) is 0 Å². The Morgan fingerprint density at radius 1 is 0.761 bits per heavy atom. The minimum Gasteiger partial charge on any atom is -1.00 e. The molecule has 0 saturated carbocycles. The summed E-state index contributed by atoms with van der Waals surface area (Å²) in [7, 11) is 0. The molecule has 4 aromatic rings. The van der Waals surface area contributed by atoms with Crippen LogP contribution in [-0.4, -0.2) is 3.21 Å². The number of aryl methyl sites for hydroxylation is 2. The summed E-state index contributed by atoms with van der Waals surface area (Å²) in [4.78, 5) is 0. The summed E-state index contributed by atoms with van der Waals surface area (Å²) in [6, 6.07) is 27.0. The van der Waals surface area contributed by atoms with Gasteiger partial charge in [-0.3, -0.25) is 0 Å². The normalized spacial score (nSPS) is 15.5. The molecule has 4 aromatic carbocycles. The maximum atomic E-state index is 2.51. The van der Waals surface area contributed by atoms with Crippen LogP contribution in [0.25, 0.3) is 22.3 Å². The van der Waals surface area contributed by atoms with Crippen molar-refractivity contribution in [3.8, 4) is 11.1 Å². The summed E-state index contributed by atoms with van der Waals surface area (Å²) in [6.07, 6.45) is 10.5. The molecule has 46 heavy (non-hydrogen) atoms. The zero-order chi connectivity index (χ0) is 31.8. The van der Waals surface area contributed by atoms with Crippen LogP contribution in [0.2, 0.25) is 0 Å². The van der Waals surface area contributed by atoms with E-state index in [1.165, 1.54) is 103 Å². The fraction of sp³-hybridized carbons (Fsp3) is 0.326. The topological polar surface area (TPSA) is 0 Å². The predicted molar refractivity (Wildman–Crippen MR) is 189 cm³/mol. The quantitative estimate of drug-likeness (QED) is 0.213. The van der Waals surface area contributed by atoms with E-state index in [0.29, 0.717) is 0 Å². The number of hydrogen-bond acceptors (Lipinski definition) is 0. The molecule has 0 bridgehead atoms. The number of hydrogen-bond donors (Lipinski definition) is 0. The maximum absolute atomic E-state index is 2.51. The van der Waals surface area contributed by atoms with Crippen molar-refractivity contribution in [3.05, 3.63) is 141 Å². The fourth-order valence-corrected chi connectivity index (χ4v) is 7.15. The summed E-state index contributed by atoms with van der Waals surface area (Å²) >= 11 is 1.54. The monoisotopic (exact) mass is 724 g/mol. The summed E-state index contributed by atoms with van der Waals surface area (Å²) in [6.45, 7) is 20.4. The zero-order valence-electron chi connectivity index (χ0n) is 29.0. The molecule has 3 aliphatic carbocycles. The molecule has 3 aliphatic rings. The van der Waals surface area contributed by atoms with Crippen molar-refractivity contribution >= 4 is 14.4 Å². The largest absolute Gasteiger partial charge is 1.00 e. The van der Waals surface area contributed by atoms with Gasteiger partial charge in [-0.05, 0) is 70.2 Å². The average Bonchev–Trinajstić information content (AvgIpc) is 3.57. The summed E-state index contributed by atoms with van der Waals surface area (Å²) in [5.41, 5.74) is 19.1. The second-order valence-corrected chi connectivity index (χ2v) is 15.6. The first-order valence-electron chi connectivity index (χ1n) is 16.2. The van der Waals surface area contributed by atoms with Crippen molar-refractivity contribution in [2.45, 2.75) is 92.4 Å². The molecule has 0 amide bonds. The van der Waals surface area contributed by atoms with Crippen LogP contribution < -0.4 is 24.8 Å². The first kappa shape index (κ1) is 38.1. The van der Waals surface area contributed by atoms with Crippen molar-refractivity contribution in [2.75, 3.05) is 0 Å². The number of benzene rings is 3. The van der Waals surface area contributed by atoms with E-state index in [2.05, 4.69) is 154 Å². The van der Waals surface area contributed by atoms with Gasteiger partial charge >= 0.3 is 76.7 Å². The smallest absolute Gasteiger partial charge is 0.0635 e. The zero-order valence-corrected chi connectivity index (χ0v) is 33.0. The summed E-state index contributed by atoms with van der Waals surface area (Å²) < 4.78 is 1.55. The van der Waals surface area contributed by atoms with Crippen LogP contribution in [0, 0.1) is 20.3 Å². The van der Waals surface area contributed by atoms with Gasteiger partial charge in [0.25, 0.3) is 0 Å². The number of fused-ring (bicyclic) bond motifs is 5. The van der Waals surface area contributed by atoms with Crippen molar-refractivity contribution in [1.29, 1.82) is 0 Å². The third-order valence-electron chi connectivity index (χ3n) is 9.64. The molecular formula is C43H48Cl2Zr-2. The Morgan fingerprint density at radius 3 is 1.87 bits per heavy atom. The minimum absolute atomic E-state index is 0. The van der Waals surface area contributed by atoms with Gasteiger partial charge in [-0.25, -0.2) is 24.1 Å². The van der Waals surface area contributed by atoms with Crippen molar-refractivity contribution < 1.29 is 49.0 Å². The Balaban J connectivity index is 0.000000251. The molecule has 0 unspecified atom stereocenters. The molecule has 0 aliphatic heterocycles. The Bertz CT molecular complexity index is 1660. The van der Waals surface area contributed by atoms with Gasteiger partial charge in [0.05, 0.1) is 0 Å². The van der Waals surface area contributed by atoms with E-state index in [1.807, 2.05) is 0 Å². The molecule has 240 valence electrons.